The molecule has 112 valence electrons. The second kappa shape index (κ2) is 8.32. The number of aromatic amines is 1. The van der Waals surface area contributed by atoms with E-state index in [1.54, 1.807) is 18.3 Å². The largest absolute Gasteiger partial charge is 0.362 e. The number of anilines is 1. The van der Waals surface area contributed by atoms with Gasteiger partial charge in [-0.1, -0.05) is 0 Å². The maximum Gasteiger partial charge on any atom is 0.265 e. The average molecular weight is 425 g/mol. The van der Waals surface area contributed by atoms with Crippen LogP contribution in [0.15, 0.2) is 38.3 Å². The van der Waals surface area contributed by atoms with Crippen molar-refractivity contribution < 1.29 is 0 Å². The van der Waals surface area contributed by atoms with Crippen molar-refractivity contribution in [3.05, 3.63) is 55.0 Å². The van der Waals surface area contributed by atoms with Gasteiger partial charge in [0.1, 0.15) is 23.5 Å². The molecule has 1 N–H and O–H groups in total. The Bertz CT molecular complexity index is 802. The Morgan fingerprint density at radius 2 is 1.73 bits per heavy atom. The van der Waals surface area contributed by atoms with Crippen LogP contribution in [-0.4, -0.2) is 24.1 Å². The molecule has 0 aliphatic rings. The molecule has 2 aromatic heterocycles. The van der Waals surface area contributed by atoms with Crippen molar-refractivity contribution in [2.24, 2.45) is 0 Å². The van der Waals surface area contributed by atoms with E-state index in [9.17, 15) is 4.79 Å². The van der Waals surface area contributed by atoms with E-state index in [1.807, 2.05) is 19.0 Å². The van der Waals surface area contributed by atoms with E-state index in [0.29, 0.717) is 15.9 Å². The molecule has 22 heavy (non-hydrogen) atoms. The Morgan fingerprint density at radius 1 is 1.14 bits per heavy atom. The molecule has 2 rings (SSSR count). The second-order valence-electron chi connectivity index (χ2n) is 4.20. The standard InChI is InChI=1S/C8H8BrN3.C6H3BrN2O/c1-12(2)8-6(4-10)3-7(9)5-11-8;7-5-1-4(2-8)6(10)9-3-5/h3,5H,1-2H3;1,3H,(H,9,10). The normalized spacial score (nSPS) is 9.00. The number of rotatable bonds is 1. The first-order chi connectivity index (χ1) is 10.4. The predicted octanol–water partition coefficient (Wildman–Crippen LogP) is 2.79. The summed E-state index contributed by atoms with van der Waals surface area (Å²) in [5, 5.41) is 17.1. The lowest BCUT2D eigenvalue weighted by atomic mass is 10.3. The molecule has 0 bridgehead atoms. The van der Waals surface area contributed by atoms with Crippen molar-refractivity contribution in [2.45, 2.75) is 0 Å². The van der Waals surface area contributed by atoms with Gasteiger partial charge < -0.3 is 9.88 Å². The molecule has 0 saturated carbocycles. The van der Waals surface area contributed by atoms with E-state index < -0.39 is 0 Å². The minimum atomic E-state index is -0.356. The van der Waals surface area contributed by atoms with E-state index in [1.165, 1.54) is 12.3 Å². The van der Waals surface area contributed by atoms with Crippen molar-refractivity contribution >= 4 is 37.7 Å². The molecule has 0 amide bonds. The molecule has 0 unspecified atom stereocenters. The van der Waals surface area contributed by atoms with Crippen molar-refractivity contribution in [3.8, 4) is 12.1 Å². The van der Waals surface area contributed by atoms with Crippen molar-refractivity contribution in [3.63, 3.8) is 0 Å². The van der Waals surface area contributed by atoms with Crippen LogP contribution in [-0.2, 0) is 0 Å². The SMILES string of the molecule is CN(C)c1ncc(Br)cc1C#N.N#Cc1cc(Br)c[nH]c1=O. The zero-order valence-electron chi connectivity index (χ0n) is 11.8. The van der Waals surface area contributed by atoms with Gasteiger partial charge in [0.15, 0.2) is 0 Å². The monoisotopic (exact) mass is 423 g/mol. The summed E-state index contributed by atoms with van der Waals surface area (Å²) in [6.45, 7) is 0. The number of halogens is 2. The first-order valence-electron chi connectivity index (χ1n) is 5.90. The van der Waals surface area contributed by atoms with E-state index >= 15 is 0 Å². The van der Waals surface area contributed by atoms with Crippen molar-refractivity contribution in [2.75, 3.05) is 19.0 Å². The molecule has 0 aliphatic heterocycles. The number of nitrogens with zero attached hydrogens (tertiary/aromatic N) is 4. The third-order valence-corrected chi connectivity index (χ3v) is 3.26. The van der Waals surface area contributed by atoms with Gasteiger partial charge in [-0.15, -0.1) is 0 Å². The minimum absolute atomic E-state index is 0.120. The summed E-state index contributed by atoms with van der Waals surface area (Å²) in [6, 6.07) is 7.07. The Labute approximate surface area is 144 Å². The van der Waals surface area contributed by atoms with Crippen LogP contribution in [0.5, 0.6) is 0 Å². The molecule has 0 aromatic carbocycles. The van der Waals surface area contributed by atoms with Crippen LogP contribution in [0.2, 0.25) is 0 Å². The lowest BCUT2D eigenvalue weighted by molar-refractivity contribution is 1.06. The summed E-state index contributed by atoms with van der Waals surface area (Å²) >= 11 is 6.37. The van der Waals surface area contributed by atoms with Gasteiger partial charge in [-0.05, 0) is 44.0 Å². The number of pyridine rings is 2. The highest BCUT2D eigenvalue weighted by atomic mass is 79.9. The highest BCUT2D eigenvalue weighted by Gasteiger charge is 2.05. The molecule has 0 fully saturated rings. The molecule has 0 saturated heterocycles. The fourth-order valence-corrected chi connectivity index (χ4v) is 2.09. The molecule has 0 radical (unpaired) electrons. The topological polar surface area (TPSA) is 96.6 Å². The fourth-order valence-electron chi connectivity index (χ4n) is 1.41. The number of hydrogen-bond donors (Lipinski definition) is 1. The molecule has 2 heterocycles. The first-order valence-corrected chi connectivity index (χ1v) is 7.49. The Balaban J connectivity index is 0.000000224. The maximum absolute atomic E-state index is 10.7. The fraction of sp³-hybridized carbons (Fsp3) is 0.143. The molecule has 2 aromatic rings. The summed E-state index contributed by atoms with van der Waals surface area (Å²) in [5.74, 6) is 0.695. The number of aromatic nitrogens is 2. The van der Waals surface area contributed by atoms with Crippen LogP contribution in [0.25, 0.3) is 0 Å². The van der Waals surface area contributed by atoms with Crippen LogP contribution < -0.4 is 10.5 Å². The van der Waals surface area contributed by atoms with E-state index in [0.717, 1.165) is 4.47 Å². The van der Waals surface area contributed by atoms with Crippen LogP contribution in [0.3, 0.4) is 0 Å². The lowest BCUT2D eigenvalue weighted by Gasteiger charge is -2.11. The molecule has 0 aliphatic carbocycles. The first kappa shape index (κ1) is 17.9. The second-order valence-corrected chi connectivity index (χ2v) is 6.03. The lowest BCUT2D eigenvalue weighted by Crippen LogP contribution is -2.12. The van der Waals surface area contributed by atoms with Crippen LogP contribution in [0.1, 0.15) is 11.1 Å². The van der Waals surface area contributed by atoms with Gasteiger partial charge in [0.25, 0.3) is 5.56 Å². The predicted molar refractivity (Wildman–Crippen MR) is 90.5 cm³/mol. The van der Waals surface area contributed by atoms with Crippen LogP contribution in [0, 0.1) is 22.7 Å². The van der Waals surface area contributed by atoms with Gasteiger partial charge in [-0.3, -0.25) is 4.79 Å². The summed E-state index contributed by atoms with van der Waals surface area (Å²) in [5.41, 5.74) is 0.342. The smallest absolute Gasteiger partial charge is 0.265 e. The number of H-pyrrole nitrogens is 1. The molecular formula is C14H11Br2N5O. The number of nitrogens with one attached hydrogen (secondary N) is 1. The van der Waals surface area contributed by atoms with Gasteiger partial charge in [0, 0.05) is 35.4 Å². The maximum atomic E-state index is 10.7. The van der Waals surface area contributed by atoms with Crippen LogP contribution >= 0.6 is 31.9 Å². The van der Waals surface area contributed by atoms with Gasteiger partial charge in [-0.25, -0.2) is 4.98 Å². The van der Waals surface area contributed by atoms with Crippen molar-refractivity contribution in [1.82, 2.24) is 9.97 Å². The minimum Gasteiger partial charge on any atom is -0.362 e. The number of hydrogen-bond acceptors (Lipinski definition) is 5. The van der Waals surface area contributed by atoms with Gasteiger partial charge >= 0.3 is 0 Å². The van der Waals surface area contributed by atoms with Gasteiger partial charge in [-0.2, -0.15) is 10.5 Å². The molecule has 0 spiro atoms. The van der Waals surface area contributed by atoms with Gasteiger partial charge in [0.2, 0.25) is 0 Å². The summed E-state index contributed by atoms with van der Waals surface area (Å²) in [6.07, 6.45) is 3.17. The summed E-state index contributed by atoms with van der Waals surface area (Å²) in [4.78, 5) is 19.0. The number of nitriles is 2. The third kappa shape index (κ3) is 4.99. The summed E-state index contributed by atoms with van der Waals surface area (Å²) in [7, 11) is 3.72. The Kier molecular flexibility index (Phi) is 6.77. The summed E-state index contributed by atoms with van der Waals surface area (Å²) < 4.78 is 1.52. The molecule has 8 heteroatoms. The van der Waals surface area contributed by atoms with E-state index in [4.69, 9.17) is 10.5 Å². The highest BCUT2D eigenvalue weighted by Crippen LogP contribution is 2.18. The Morgan fingerprint density at radius 3 is 2.23 bits per heavy atom. The zero-order chi connectivity index (χ0) is 16.7. The molecule has 0 atom stereocenters. The highest BCUT2D eigenvalue weighted by molar-refractivity contribution is 9.10. The van der Waals surface area contributed by atoms with Crippen molar-refractivity contribution in [1.29, 1.82) is 10.5 Å². The molecular weight excluding hydrogens is 414 g/mol. The third-order valence-electron chi connectivity index (χ3n) is 2.37. The molecule has 6 nitrogen and oxygen atoms in total. The van der Waals surface area contributed by atoms with E-state index in [-0.39, 0.29) is 11.1 Å². The zero-order valence-corrected chi connectivity index (χ0v) is 14.9. The Hall–Kier alpha value is -2.16. The average Bonchev–Trinajstić information content (AvgIpc) is 2.49. The van der Waals surface area contributed by atoms with Crippen LogP contribution in [0.4, 0.5) is 5.82 Å². The van der Waals surface area contributed by atoms with E-state index in [2.05, 4.69) is 47.9 Å². The quantitative estimate of drug-likeness (QED) is 0.759. The van der Waals surface area contributed by atoms with Gasteiger partial charge in [0.05, 0.1) is 5.56 Å².